The van der Waals surface area contributed by atoms with Crippen molar-refractivity contribution >= 4 is 24.1 Å². The zero-order valence-corrected chi connectivity index (χ0v) is 15.2. The zero-order valence-electron chi connectivity index (χ0n) is 15.2. The Morgan fingerprint density at radius 1 is 0.406 bits per heavy atom. The Hall–Kier alpha value is -3.37. The normalized spacial score (nSPS) is 13.2. The first-order chi connectivity index (χ1) is 15.0. The van der Waals surface area contributed by atoms with E-state index >= 15 is 0 Å². The summed E-state index contributed by atoms with van der Waals surface area (Å²) in [6, 6.07) is 4.77. The van der Waals surface area contributed by atoms with Gasteiger partial charge >= 0.3 is 173 Å². The molecular formula is C21H4BF10. The van der Waals surface area contributed by atoms with E-state index in [1.165, 1.54) is 12.1 Å². The van der Waals surface area contributed by atoms with Gasteiger partial charge in [-0.15, -0.1) is 0 Å². The van der Waals surface area contributed by atoms with Crippen LogP contribution in [0.15, 0.2) is 24.3 Å². The van der Waals surface area contributed by atoms with Crippen LogP contribution in [0.25, 0.3) is 11.1 Å². The van der Waals surface area contributed by atoms with E-state index in [4.69, 9.17) is 7.49 Å². The van der Waals surface area contributed by atoms with Crippen molar-refractivity contribution in [2.75, 3.05) is 0 Å². The molecule has 0 aliphatic heterocycles. The fourth-order valence-electron chi connectivity index (χ4n) is 3.51. The van der Waals surface area contributed by atoms with E-state index in [0.29, 0.717) is 0 Å². The molecule has 0 amide bonds. The number of rotatable bonds is 2. The van der Waals surface area contributed by atoms with Crippen LogP contribution < -0.4 is 0 Å². The average Bonchev–Trinajstić information content (AvgIpc) is 3.06. The van der Waals surface area contributed by atoms with Crippen LogP contribution in [0.5, 0.6) is 0 Å². The van der Waals surface area contributed by atoms with Gasteiger partial charge in [0.1, 0.15) is 0 Å². The van der Waals surface area contributed by atoms with Crippen LogP contribution in [0, 0.1) is 58.2 Å². The van der Waals surface area contributed by atoms with Crippen LogP contribution in [0.4, 0.5) is 43.9 Å². The first kappa shape index (κ1) is 21.9. The van der Waals surface area contributed by atoms with Crippen molar-refractivity contribution in [1.82, 2.24) is 0 Å². The predicted octanol–water partition coefficient (Wildman–Crippen LogP) is 5.74. The molecule has 0 nitrogen and oxygen atoms in total. The van der Waals surface area contributed by atoms with Gasteiger partial charge in [0, 0.05) is 0 Å². The Bertz CT molecular complexity index is 1330. The third-order valence-corrected chi connectivity index (χ3v) is 4.93. The predicted molar refractivity (Wildman–Crippen MR) is 94.7 cm³/mol. The van der Waals surface area contributed by atoms with Gasteiger partial charge in [-0.2, -0.15) is 0 Å². The molecule has 0 unspecified atom stereocenters. The van der Waals surface area contributed by atoms with Crippen LogP contribution in [-0.4, -0.2) is 13.0 Å². The average molecular weight is 457 g/mol. The van der Waals surface area contributed by atoms with Crippen molar-refractivity contribution in [3.63, 3.8) is 0 Å². The van der Waals surface area contributed by atoms with Crippen molar-refractivity contribution in [2.24, 2.45) is 0 Å². The summed E-state index contributed by atoms with van der Waals surface area (Å²) in [5.74, 6) is -24.2. The van der Waals surface area contributed by atoms with Gasteiger partial charge in [-0.3, -0.25) is 0 Å². The second kappa shape index (κ2) is 7.35. The van der Waals surface area contributed by atoms with Crippen LogP contribution in [0.3, 0.4) is 0 Å². The Morgan fingerprint density at radius 3 is 1.12 bits per heavy atom. The molecule has 0 aromatic heterocycles. The SMILES string of the molecule is [B]=C1C(c2c(F)c(F)c(F)c(F)c2F)=C(c2c(F)c(F)c(F)c(F)c2F)c2ccccc21. The Kier molecular flexibility index (Phi) is 5.02. The van der Waals surface area contributed by atoms with Gasteiger partial charge in [-0.05, 0) is 0 Å². The summed E-state index contributed by atoms with van der Waals surface area (Å²) in [7, 11) is 5.81. The van der Waals surface area contributed by atoms with Crippen LogP contribution >= 0.6 is 0 Å². The molecule has 0 saturated carbocycles. The number of halogens is 10. The number of fused-ring (bicyclic) bond motifs is 1. The van der Waals surface area contributed by atoms with Gasteiger partial charge in [0.05, 0.1) is 0 Å². The number of benzene rings is 3. The molecule has 0 fully saturated rings. The fourth-order valence-corrected chi connectivity index (χ4v) is 3.51. The number of allylic oxidation sites excluding steroid dienone is 1. The quantitative estimate of drug-likeness (QED) is 0.199. The van der Waals surface area contributed by atoms with Crippen molar-refractivity contribution in [3.05, 3.63) is 105 Å². The van der Waals surface area contributed by atoms with Gasteiger partial charge < -0.3 is 0 Å². The molecule has 1 aliphatic carbocycles. The van der Waals surface area contributed by atoms with Crippen molar-refractivity contribution < 1.29 is 43.9 Å². The number of hydrogen-bond acceptors (Lipinski definition) is 0. The summed E-state index contributed by atoms with van der Waals surface area (Å²) in [4.78, 5) is 0. The summed E-state index contributed by atoms with van der Waals surface area (Å²) in [5, 5.41) is 0. The van der Waals surface area contributed by atoms with Gasteiger partial charge in [0.25, 0.3) is 0 Å². The van der Waals surface area contributed by atoms with E-state index in [0.717, 1.165) is 12.1 Å². The number of hydrogen-bond donors (Lipinski definition) is 0. The Balaban J connectivity index is 2.25. The van der Waals surface area contributed by atoms with Crippen molar-refractivity contribution in [3.8, 4) is 0 Å². The minimum absolute atomic E-state index is 0.189. The molecule has 11 heteroatoms. The molecular weight excluding hydrogens is 453 g/mol. The molecule has 3 aromatic carbocycles. The molecule has 0 heterocycles. The van der Waals surface area contributed by atoms with E-state index in [2.05, 4.69) is 0 Å². The molecule has 3 aromatic rings. The van der Waals surface area contributed by atoms with Crippen molar-refractivity contribution in [2.45, 2.75) is 0 Å². The zero-order chi connectivity index (χ0) is 23.6. The first-order valence-electron chi connectivity index (χ1n) is 8.51. The third kappa shape index (κ3) is 2.76. The van der Waals surface area contributed by atoms with E-state index in [9.17, 15) is 43.9 Å². The third-order valence-electron chi connectivity index (χ3n) is 4.93. The Morgan fingerprint density at radius 2 is 0.719 bits per heavy atom. The van der Waals surface area contributed by atoms with Gasteiger partial charge in [-0.1, -0.05) is 0 Å². The Labute approximate surface area is 173 Å². The molecule has 1 aliphatic rings. The second-order valence-corrected chi connectivity index (χ2v) is 6.60. The second-order valence-electron chi connectivity index (χ2n) is 6.60. The van der Waals surface area contributed by atoms with Crippen LogP contribution in [0.2, 0.25) is 0 Å². The molecule has 0 atom stereocenters. The molecule has 0 saturated heterocycles. The van der Waals surface area contributed by atoms with Crippen LogP contribution in [-0.2, 0) is 0 Å². The molecule has 0 spiro atoms. The minimum atomic E-state index is -2.52. The maximum absolute atomic E-state index is 14.6. The topological polar surface area (TPSA) is 0 Å². The van der Waals surface area contributed by atoms with E-state index < -0.39 is 85.9 Å². The van der Waals surface area contributed by atoms with Crippen molar-refractivity contribution in [1.29, 1.82) is 0 Å². The molecule has 32 heavy (non-hydrogen) atoms. The molecule has 1 radical (unpaired) electrons. The maximum atomic E-state index is 14.6. The first-order valence-corrected chi connectivity index (χ1v) is 8.51. The van der Waals surface area contributed by atoms with Gasteiger partial charge in [0.15, 0.2) is 0 Å². The summed E-state index contributed by atoms with van der Waals surface area (Å²) in [5.41, 5.74) is -6.74. The molecule has 4 rings (SSSR count). The van der Waals surface area contributed by atoms with Crippen LogP contribution in [0.1, 0.15) is 22.3 Å². The molecule has 161 valence electrons. The summed E-state index contributed by atoms with van der Waals surface area (Å²) in [6.45, 7) is 0. The molecule has 0 N–H and O–H groups in total. The summed E-state index contributed by atoms with van der Waals surface area (Å²) >= 11 is 0. The summed E-state index contributed by atoms with van der Waals surface area (Å²) in [6.07, 6.45) is 0. The summed E-state index contributed by atoms with van der Waals surface area (Å²) < 4.78 is 141. The van der Waals surface area contributed by atoms with Gasteiger partial charge in [0.2, 0.25) is 0 Å². The standard InChI is InChI=1S/C21H4BF10/c22-11-6-4-2-1-3-5(6)7(9-12(23)16(27)20(31)17(28)13(9)24)8(11)10-14(25)18(29)21(32)19(30)15(10)26/h1-4H. The van der Waals surface area contributed by atoms with E-state index in [-0.39, 0.29) is 11.1 Å². The molecule has 0 bridgehead atoms. The van der Waals surface area contributed by atoms with E-state index in [1.807, 2.05) is 0 Å². The van der Waals surface area contributed by atoms with Gasteiger partial charge in [-0.25, -0.2) is 0 Å². The fraction of sp³-hybridized carbons (Fsp3) is 0. The van der Waals surface area contributed by atoms with E-state index in [1.54, 1.807) is 0 Å². The monoisotopic (exact) mass is 457 g/mol.